The fourth-order valence-corrected chi connectivity index (χ4v) is 3.99. The van der Waals surface area contributed by atoms with Gasteiger partial charge in [-0.25, -0.2) is 4.98 Å². The first kappa shape index (κ1) is 16.7. The molecule has 5 heteroatoms. The summed E-state index contributed by atoms with van der Waals surface area (Å²) >= 11 is 1.73. The second-order valence-corrected chi connectivity index (χ2v) is 7.52. The smallest absolute Gasteiger partial charge is 0.125 e. The number of hydrogen-bond donors (Lipinski definition) is 1. The van der Waals surface area contributed by atoms with Gasteiger partial charge < -0.3 is 10.2 Å². The van der Waals surface area contributed by atoms with Crippen molar-refractivity contribution < 1.29 is 0 Å². The second-order valence-electron chi connectivity index (χ2n) is 6.49. The first-order valence-electron chi connectivity index (χ1n) is 8.49. The van der Waals surface area contributed by atoms with Crippen molar-refractivity contribution in [2.75, 3.05) is 19.4 Å². The van der Waals surface area contributed by atoms with Crippen LogP contribution in [0, 0.1) is 0 Å². The molecule has 130 valence electrons. The van der Waals surface area contributed by atoms with Crippen molar-refractivity contribution in [1.29, 1.82) is 0 Å². The van der Waals surface area contributed by atoms with Crippen LogP contribution in [-0.4, -0.2) is 29.0 Å². The topological polar surface area (TPSA) is 41.0 Å². The number of anilines is 2. The summed E-state index contributed by atoms with van der Waals surface area (Å²) in [7, 11) is 4.18. The number of hydrogen-bond acceptors (Lipinski definition) is 5. The number of benzene rings is 1. The van der Waals surface area contributed by atoms with Crippen LogP contribution in [0.4, 0.5) is 11.4 Å². The van der Waals surface area contributed by atoms with Crippen molar-refractivity contribution in [3.05, 3.63) is 72.7 Å². The van der Waals surface area contributed by atoms with Crippen molar-refractivity contribution in [3.63, 3.8) is 0 Å². The highest BCUT2D eigenvalue weighted by Gasteiger charge is 2.10. The zero-order chi connectivity index (χ0) is 17.9. The van der Waals surface area contributed by atoms with E-state index in [0.717, 1.165) is 28.1 Å². The second kappa shape index (κ2) is 7.23. The molecule has 26 heavy (non-hydrogen) atoms. The Balaban J connectivity index is 1.71. The summed E-state index contributed by atoms with van der Waals surface area (Å²) < 4.78 is 0. The normalized spacial score (nSPS) is 11.2. The SMILES string of the molecule is CN(C)Cc1cccc(-c2cc3c(Nc4ccncc4)ccnc3s2)c1. The van der Waals surface area contributed by atoms with E-state index in [4.69, 9.17) is 0 Å². The maximum atomic E-state index is 4.56. The summed E-state index contributed by atoms with van der Waals surface area (Å²) in [6.07, 6.45) is 5.43. The molecule has 0 bridgehead atoms. The summed E-state index contributed by atoms with van der Waals surface area (Å²) in [5, 5.41) is 4.61. The van der Waals surface area contributed by atoms with Crippen LogP contribution in [0.1, 0.15) is 5.56 Å². The third kappa shape index (κ3) is 3.59. The maximum Gasteiger partial charge on any atom is 0.125 e. The fourth-order valence-electron chi connectivity index (χ4n) is 2.97. The molecule has 3 heterocycles. The lowest BCUT2D eigenvalue weighted by Gasteiger charge is -2.10. The van der Waals surface area contributed by atoms with Crippen molar-refractivity contribution in [3.8, 4) is 10.4 Å². The third-order valence-corrected chi connectivity index (χ3v) is 5.20. The van der Waals surface area contributed by atoms with Crippen molar-refractivity contribution in [2.45, 2.75) is 6.54 Å². The molecular weight excluding hydrogens is 340 g/mol. The molecule has 0 radical (unpaired) electrons. The van der Waals surface area contributed by atoms with Gasteiger partial charge in [0, 0.05) is 41.1 Å². The minimum Gasteiger partial charge on any atom is -0.355 e. The predicted molar refractivity (Wildman–Crippen MR) is 110 cm³/mol. The van der Waals surface area contributed by atoms with E-state index in [1.54, 1.807) is 23.7 Å². The summed E-state index contributed by atoms with van der Waals surface area (Å²) in [4.78, 5) is 13.1. The predicted octanol–water partition coefficient (Wildman–Crippen LogP) is 5.16. The number of nitrogens with zero attached hydrogens (tertiary/aromatic N) is 3. The Bertz CT molecular complexity index is 1020. The quantitative estimate of drug-likeness (QED) is 0.533. The van der Waals surface area contributed by atoms with E-state index >= 15 is 0 Å². The molecule has 0 amide bonds. The Morgan fingerprint density at radius 2 is 1.85 bits per heavy atom. The van der Waals surface area contributed by atoms with E-state index in [2.05, 4.69) is 64.6 Å². The largest absolute Gasteiger partial charge is 0.355 e. The minimum absolute atomic E-state index is 0.936. The number of fused-ring (bicyclic) bond motifs is 1. The van der Waals surface area contributed by atoms with E-state index in [1.165, 1.54) is 16.0 Å². The Morgan fingerprint density at radius 1 is 1.00 bits per heavy atom. The lowest BCUT2D eigenvalue weighted by atomic mass is 10.1. The Labute approximate surface area is 157 Å². The van der Waals surface area contributed by atoms with Crippen LogP contribution in [0.25, 0.3) is 20.7 Å². The maximum absolute atomic E-state index is 4.56. The van der Waals surface area contributed by atoms with Gasteiger partial charge in [0.05, 0.1) is 5.69 Å². The van der Waals surface area contributed by atoms with Crippen LogP contribution >= 0.6 is 11.3 Å². The highest BCUT2D eigenvalue weighted by atomic mass is 32.1. The molecule has 0 aliphatic rings. The van der Waals surface area contributed by atoms with Gasteiger partial charge in [0.1, 0.15) is 4.83 Å². The Kier molecular flexibility index (Phi) is 4.65. The van der Waals surface area contributed by atoms with Crippen molar-refractivity contribution >= 4 is 32.9 Å². The van der Waals surface area contributed by atoms with Crippen LogP contribution in [0.5, 0.6) is 0 Å². The summed E-state index contributed by atoms with van der Waals surface area (Å²) in [6.45, 7) is 0.936. The summed E-state index contributed by atoms with van der Waals surface area (Å²) in [6, 6.07) is 16.9. The van der Waals surface area contributed by atoms with Gasteiger partial charge in [0.15, 0.2) is 0 Å². The lowest BCUT2D eigenvalue weighted by molar-refractivity contribution is 0.402. The molecule has 4 nitrogen and oxygen atoms in total. The van der Waals surface area contributed by atoms with Crippen LogP contribution in [0.2, 0.25) is 0 Å². The molecular formula is C21H20N4S. The zero-order valence-electron chi connectivity index (χ0n) is 14.8. The van der Waals surface area contributed by atoms with Gasteiger partial charge in [0.25, 0.3) is 0 Å². The van der Waals surface area contributed by atoms with Crippen LogP contribution in [-0.2, 0) is 6.54 Å². The molecule has 3 aromatic heterocycles. The Hall–Kier alpha value is -2.76. The highest BCUT2D eigenvalue weighted by molar-refractivity contribution is 7.21. The number of rotatable bonds is 5. The van der Waals surface area contributed by atoms with Gasteiger partial charge in [-0.15, -0.1) is 11.3 Å². The molecule has 0 spiro atoms. The molecule has 0 unspecified atom stereocenters. The summed E-state index contributed by atoms with van der Waals surface area (Å²) in [5.41, 5.74) is 4.64. The van der Waals surface area contributed by atoms with Gasteiger partial charge in [-0.05, 0) is 55.6 Å². The number of thiophene rings is 1. The van der Waals surface area contributed by atoms with Gasteiger partial charge in [-0.2, -0.15) is 0 Å². The molecule has 0 aliphatic carbocycles. The fraction of sp³-hybridized carbons (Fsp3) is 0.143. The van der Waals surface area contributed by atoms with Crippen molar-refractivity contribution in [2.24, 2.45) is 0 Å². The molecule has 4 aromatic rings. The van der Waals surface area contributed by atoms with E-state index < -0.39 is 0 Å². The third-order valence-electron chi connectivity index (χ3n) is 4.11. The molecule has 0 fully saturated rings. The zero-order valence-corrected chi connectivity index (χ0v) is 15.6. The standard InChI is InChI=1S/C21H20N4S/c1-25(2)14-15-4-3-5-16(12-15)20-13-18-19(8-11-23-21(18)26-20)24-17-6-9-22-10-7-17/h3-13H,14H2,1-2H3,(H,22,23,24). The van der Waals surface area contributed by atoms with Crippen LogP contribution in [0.3, 0.4) is 0 Å². The van der Waals surface area contributed by atoms with E-state index in [9.17, 15) is 0 Å². The highest BCUT2D eigenvalue weighted by Crippen LogP contribution is 2.36. The number of nitrogens with one attached hydrogen (secondary N) is 1. The van der Waals surface area contributed by atoms with Gasteiger partial charge in [-0.3, -0.25) is 4.98 Å². The summed E-state index contributed by atoms with van der Waals surface area (Å²) in [5.74, 6) is 0. The average molecular weight is 360 g/mol. The number of aromatic nitrogens is 2. The van der Waals surface area contributed by atoms with Gasteiger partial charge in [0.2, 0.25) is 0 Å². The number of pyridine rings is 2. The van der Waals surface area contributed by atoms with Crippen LogP contribution in [0.15, 0.2) is 67.1 Å². The molecule has 0 saturated carbocycles. The molecule has 1 N–H and O–H groups in total. The molecule has 0 saturated heterocycles. The van der Waals surface area contributed by atoms with E-state index in [0.29, 0.717) is 0 Å². The van der Waals surface area contributed by atoms with E-state index in [-0.39, 0.29) is 0 Å². The van der Waals surface area contributed by atoms with Gasteiger partial charge in [-0.1, -0.05) is 18.2 Å². The first-order valence-corrected chi connectivity index (χ1v) is 9.30. The van der Waals surface area contributed by atoms with Gasteiger partial charge >= 0.3 is 0 Å². The molecule has 4 rings (SSSR count). The minimum atomic E-state index is 0.936. The van der Waals surface area contributed by atoms with Crippen molar-refractivity contribution in [1.82, 2.24) is 14.9 Å². The molecule has 0 aliphatic heterocycles. The molecule has 1 aromatic carbocycles. The lowest BCUT2D eigenvalue weighted by Crippen LogP contribution is -2.10. The average Bonchev–Trinajstić information content (AvgIpc) is 3.08. The first-order chi connectivity index (χ1) is 12.7. The monoisotopic (exact) mass is 360 g/mol. The molecule has 0 atom stereocenters. The van der Waals surface area contributed by atoms with E-state index in [1.807, 2.05) is 24.4 Å². The van der Waals surface area contributed by atoms with Crippen LogP contribution < -0.4 is 5.32 Å². The Morgan fingerprint density at radius 3 is 2.65 bits per heavy atom.